The van der Waals surface area contributed by atoms with E-state index in [9.17, 15) is 8.42 Å². The molecule has 1 unspecified atom stereocenters. The molecule has 2 fully saturated rings. The van der Waals surface area contributed by atoms with Crippen molar-refractivity contribution in [2.45, 2.75) is 45.1 Å². The highest BCUT2D eigenvalue weighted by molar-refractivity contribution is 7.86. The van der Waals surface area contributed by atoms with Crippen LogP contribution < -0.4 is 0 Å². The van der Waals surface area contributed by atoms with E-state index in [1.54, 1.807) is 11.4 Å². The number of piperidine rings is 1. The third kappa shape index (κ3) is 3.30. The molecule has 7 nitrogen and oxygen atoms in total. The molecule has 0 bridgehead atoms. The molecule has 1 aliphatic carbocycles. The topological polar surface area (TPSA) is 79.5 Å². The first-order chi connectivity index (χ1) is 12.8. The Hall–Kier alpha value is -1.77. The summed E-state index contributed by atoms with van der Waals surface area (Å²) in [5.74, 6) is 1.48. The smallest absolute Gasteiger partial charge is 0.281 e. The summed E-state index contributed by atoms with van der Waals surface area (Å²) in [6, 6.07) is 9.71. The van der Waals surface area contributed by atoms with Gasteiger partial charge in [-0.25, -0.2) is 0 Å². The maximum absolute atomic E-state index is 12.7. The molecule has 2 aliphatic rings. The van der Waals surface area contributed by atoms with Gasteiger partial charge >= 0.3 is 0 Å². The van der Waals surface area contributed by atoms with E-state index in [4.69, 9.17) is 4.42 Å². The number of hydrogen-bond acceptors (Lipinski definition) is 5. The van der Waals surface area contributed by atoms with Crippen LogP contribution >= 0.6 is 0 Å². The maximum Gasteiger partial charge on any atom is 0.281 e. The molecule has 1 spiro atoms. The predicted octanol–water partition coefficient (Wildman–Crippen LogP) is 2.89. The number of benzene rings is 1. The van der Waals surface area contributed by atoms with Crippen LogP contribution in [-0.4, -0.2) is 53.4 Å². The average molecular weight is 391 g/mol. The monoisotopic (exact) mass is 390 g/mol. The Morgan fingerprint density at radius 3 is 2.48 bits per heavy atom. The van der Waals surface area contributed by atoms with E-state index >= 15 is 0 Å². The van der Waals surface area contributed by atoms with E-state index in [0.717, 1.165) is 24.8 Å². The van der Waals surface area contributed by atoms with E-state index in [0.29, 0.717) is 24.9 Å². The van der Waals surface area contributed by atoms with Crippen LogP contribution in [0.3, 0.4) is 0 Å². The highest BCUT2D eigenvalue weighted by Crippen LogP contribution is 2.64. The number of hydrogen-bond donors (Lipinski definition) is 0. The standard InChI is InChI=1S/C19H26N4O3S/c1-14(2)22(3)27(24,25)23-11-9-19(10-12-23)13-16(19)18-21-20-17(26-18)15-7-5-4-6-8-15/h4-8,14,16H,9-13H2,1-3H3. The molecule has 0 radical (unpaired) electrons. The molecule has 0 N–H and O–H groups in total. The van der Waals surface area contributed by atoms with Crippen molar-refractivity contribution in [1.82, 2.24) is 18.8 Å². The summed E-state index contributed by atoms with van der Waals surface area (Å²) >= 11 is 0. The van der Waals surface area contributed by atoms with Crippen molar-refractivity contribution in [2.24, 2.45) is 5.41 Å². The van der Waals surface area contributed by atoms with E-state index in [2.05, 4.69) is 10.2 Å². The molecule has 2 heterocycles. The van der Waals surface area contributed by atoms with Gasteiger partial charge in [0.15, 0.2) is 0 Å². The molecule has 1 saturated heterocycles. The molecule has 1 aliphatic heterocycles. The van der Waals surface area contributed by atoms with Crippen molar-refractivity contribution >= 4 is 10.2 Å². The molecule has 8 heteroatoms. The second-order valence-corrected chi connectivity index (χ2v) is 9.94. The quantitative estimate of drug-likeness (QED) is 0.784. The van der Waals surface area contributed by atoms with Gasteiger partial charge in [-0.1, -0.05) is 18.2 Å². The Kier molecular flexibility index (Phi) is 4.60. The third-order valence-corrected chi connectivity index (χ3v) is 8.25. The van der Waals surface area contributed by atoms with Crippen molar-refractivity contribution in [1.29, 1.82) is 0 Å². The van der Waals surface area contributed by atoms with E-state index in [1.807, 2.05) is 44.2 Å². The molecule has 1 saturated carbocycles. The van der Waals surface area contributed by atoms with Gasteiger partial charge in [0, 0.05) is 37.7 Å². The minimum atomic E-state index is -3.38. The highest BCUT2D eigenvalue weighted by atomic mass is 32.2. The first-order valence-corrected chi connectivity index (χ1v) is 10.9. The highest BCUT2D eigenvalue weighted by Gasteiger charge is 2.59. The molecule has 2 aromatic rings. The van der Waals surface area contributed by atoms with Crippen LogP contribution in [-0.2, 0) is 10.2 Å². The Bertz CT molecular complexity index is 902. The van der Waals surface area contributed by atoms with Crippen LogP contribution in [0.15, 0.2) is 34.7 Å². The van der Waals surface area contributed by atoms with Crippen LogP contribution in [0.25, 0.3) is 11.5 Å². The zero-order valence-corrected chi connectivity index (χ0v) is 16.8. The SMILES string of the molecule is CC(C)N(C)S(=O)(=O)N1CCC2(CC1)CC2c1nnc(-c2ccccc2)o1. The number of aromatic nitrogens is 2. The summed E-state index contributed by atoms with van der Waals surface area (Å²) in [4.78, 5) is 0. The zero-order chi connectivity index (χ0) is 19.2. The van der Waals surface area contributed by atoms with E-state index in [-0.39, 0.29) is 17.4 Å². The van der Waals surface area contributed by atoms with Gasteiger partial charge in [-0.3, -0.25) is 0 Å². The summed E-state index contributed by atoms with van der Waals surface area (Å²) in [6.07, 6.45) is 2.68. The van der Waals surface area contributed by atoms with Crippen LogP contribution in [0.4, 0.5) is 0 Å². The van der Waals surface area contributed by atoms with E-state index in [1.165, 1.54) is 4.31 Å². The molecule has 1 aromatic carbocycles. The molecule has 27 heavy (non-hydrogen) atoms. The average Bonchev–Trinajstić information content (AvgIpc) is 3.14. The van der Waals surface area contributed by atoms with Crippen molar-refractivity contribution in [3.05, 3.63) is 36.2 Å². The van der Waals surface area contributed by atoms with Crippen molar-refractivity contribution in [2.75, 3.05) is 20.1 Å². The second-order valence-electron chi connectivity index (χ2n) is 7.95. The van der Waals surface area contributed by atoms with Crippen molar-refractivity contribution < 1.29 is 12.8 Å². The summed E-state index contributed by atoms with van der Waals surface area (Å²) in [5.41, 5.74) is 1.03. The molecule has 1 atom stereocenters. The normalized spacial score (nSPS) is 22.6. The first kappa shape index (κ1) is 18.6. The van der Waals surface area contributed by atoms with Crippen LogP contribution in [0.5, 0.6) is 0 Å². The second kappa shape index (κ2) is 6.68. The molecule has 146 valence electrons. The minimum Gasteiger partial charge on any atom is -0.420 e. The first-order valence-electron chi connectivity index (χ1n) is 9.45. The lowest BCUT2D eigenvalue weighted by Gasteiger charge is -2.35. The van der Waals surface area contributed by atoms with Gasteiger partial charge in [0.05, 0.1) is 0 Å². The molecule has 0 amide bonds. The van der Waals surface area contributed by atoms with Gasteiger partial charge in [-0.05, 0) is 50.7 Å². The summed E-state index contributed by atoms with van der Waals surface area (Å²) < 4.78 is 34.3. The molecule has 1 aromatic heterocycles. The van der Waals surface area contributed by atoms with E-state index < -0.39 is 10.2 Å². The van der Waals surface area contributed by atoms with Crippen LogP contribution in [0.1, 0.15) is 44.9 Å². The fourth-order valence-electron chi connectivity index (χ4n) is 3.93. The lowest BCUT2D eigenvalue weighted by molar-refractivity contribution is 0.231. The van der Waals surface area contributed by atoms with Gasteiger partial charge in [-0.2, -0.15) is 17.0 Å². The van der Waals surface area contributed by atoms with Gasteiger partial charge < -0.3 is 4.42 Å². The Balaban J connectivity index is 1.42. The van der Waals surface area contributed by atoms with Crippen LogP contribution in [0, 0.1) is 5.41 Å². The minimum absolute atomic E-state index is 0.0469. The van der Waals surface area contributed by atoms with Gasteiger partial charge in [0.25, 0.3) is 10.2 Å². The molecular formula is C19H26N4O3S. The maximum atomic E-state index is 12.7. The summed E-state index contributed by atoms with van der Waals surface area (Å²) in [7, 11) is -1.74. The predicted molar refractivity (Wildman–Crippen MR) is 102 cm³/mol. The zero-order valence-electron chi connectivity index (χ0n) is 16.0. The number of rotatable bonds is 5. The van der Waals surface area contributed by atoms with Crippen molar-refractivity contribution in [3.63, 3.8) is 0 Å². The fourth-order valence-corrected chi connectivity index (χ4v) is 5.47. The Morgan fingerprint density at radius 1 is 1.19 bits per heavy atom. The van der Waals surface area contributed by atoms with Gasteiger partial charge in [0.1, 0.15) is 0 Å². The Morgan fingerprint density at radius 2 is 1.85 bits per heavy atom. The van der Waals surface area contributed by atoms with Gasteiger partial charge in [-0.15, -0.1) is 10.2 Å². The Labute approximate surface area is 160 Å². The lowest BCUT2D eigenvalue weighted by Crippen LogP contribution is -2.48. The summed E-state index contributed by atoms with van der Waals surface area (Å²) in [6.45, 7) is 4.88. The molecular weight excluding hydrogens is 364 g/mol. The fraction of sp³-hybridized carbons (Fsp3) is 0.579. The van der Waals surface area contributed by atoms with Gasteiger partial charge in [0.2, 0.25) is 11.8 Å². The largest absolute Gasteiger partial charge is 0.420 e. The third-order valence-electron chi connectivity index (χ3n) is 6.08. The summed E-state index contributed by atoms with van der Waals surface area (Å²) in [5, 5.41) is 8.46. The van der Waals surface area contributed by atoms with Crippen molar-refractivity contribution in [3.8, 4) is 11.5 Å². The van der Waals surface area contributed by atoms with Crippen LogP contribution in [0.2, 0.25) is 0 Å². The number of nitrogens with zero attached hydrogens (tertiary/aromatic N) is 4. The lowest BCUT2D eigenvalue weighted by atomic mass is 9.92. The molecule has 4 rings (SSSR count).